The number of carbonyl (C=O) groups is 1. The number of hydrogen-bond acceptors (Lipinski definition) is 7. The Morgan fingerprint density at radius 3 is 2.73 bits per heavy atom. The molecule has 2 heterocycles. The maximum atomic E-state index is 12.3. The number of benzene rings is 1. The van der Waals surface area contributed by atoms with Crippen molar-refractivity contribution in [2.75, 3.05) is 7.11 Å². The van der Waals surface area contributed by atoms with Crippen LogP contribution in [-0.2, 0) is 0 Å². The third-order valence-corrected chi connectivity index (χ3v) is 3.84. The summed E-state index contributed by atoms with van der Waals surface area (Å²) in [6.45, 7) is 1.69. The quantitative estimate of drug-likeness (QED) is 0.706. The first-order valence-electron chi connectivity index (χ1n) is 7.62. The molecule has 0 bridgehead atoms. The van der Waals surface area contributed by atoms with Crippen molar-refractivity contribution in [1.82, 2.24) is 20.4 Å². The van der Waals surface area contributed by atoms with Crippen molar-refractivity contribution >= 4 is 17.5 Å². The Morgan fingerprint density at radius 1 is 1.31 bits per heavy atom. The first kappa shape index (κ1) is 17.7. The van der Waals surface area contributed by atoms with Gasteiger partial charge < -0.3 is 19.7 Å². The smallest absolute Gasteiger partial charge is 0.274 e. The predicted octanol–water partition coefficient (Wildman–Crippen LogP) is 2.99. The zero-order valence-corrected chi connectivity index (χ0v) is 14.7. The molecule has 0 aliphatic carbocycles. The van der Waals surface area contributed by atoms with E-state index in [2.05, 4.69) is 20.4 Å². The Labute approximate surface area is 153 Å². The van der Waals surface area contributed by atoms with E-state index in [4.69, 9.17) is 20.9 Å². The number of pyridine rings is 1. The van der Waals surface area contributed by atoms with Gasteiger partial charge in [-0.2, -0.15) is 4.98 Å². The molecule has 0 fully saturated rings. The van der Waals surface area contributed by atoms with Crippen LogP contribution in [0, 0.1) is 0 Å². The van der Waals surface area contributed by atoms with E-state index < -0.39 is 11.9 Å². The number of ether oxygens (including phenoxy) is 1. The van der Waals surface area contributed by atoms with Crippen LogP contribution in [0.2, 0.25) is 5.02 Å². The van der Waals surface area contributed by atoms with Crippen LogP contribution in [-0.4, -0.2) is 33.2 Å². The highest BCUT2D eigenvalue weighted by atomic mass is 35.5. The Balaban J connectivity index is 1.75. The molecule has 0 saturated heterocycles. The molecule has 0 unspecified atom stereocenters. The molecule has 0 radical (unpaired) electrons. The molecule has 134 valence electrons. The van der Waals surface area contributed by atoms with Crippen molar-refractivity contribution in [3.63, 3.8) is 0 Å². The van der Waals surface area contributed by atoms with Gasteiger partial charge in [-0.3, -0.25) is 4.79 Å². The third-order valence-electron chi connectivity index (χ3n) is 3.59. The summed E-state index contributed by atoms with van der Waals surface area (Å²) in [6.07, 6.45) is 1.37. The molecule has 2 aromatic heterocycles. The minimum absolute atomic E-state index is 0.155. The number of hydrogen-bond donors (Lipinski definition) is 2. The number of amides is 1. The summed E-state index contributed by atoms with van der Waals surface area (Å²) in [6, 6.07) is 7.81. The van der Waals surface area contributed by atoms with E-state index in [9.17, 15) is 9.90 Å². The number of rotatable bonds is 5. The van der Waals surface area contributed by atoms with E-state index in [1.165, 1.54) is 19.4 Å². The van der Waals surface area contributed by atoms with E-state index in [1.807, 2.05) is 0 Å². The van der Waals surface area contributed by atoms with Crippen LogP contribution < -0.4 is 10.1 Å². The van der Waals surface area contributed by atoms with Crippen molar-refractivity contribution < 1.29 is 19.2 Å². The van der Waals surface area contributed by atoms with Crippen LogP contribution in [0.5, 0.6) is 11.5 Å². The van der Waals surface area contributed by atoms with Crippen LogP contribution >= 0.6 is 11.6 Å². The molecular weight excluding hydrogens is 360 g/mol. The van der Waals surface area contributed by atoms with Gasteiger partial charge in [0.15, 0.2) is 23.0 Å². The highest BCUT2D eigenvalue weighted by molar-refractivity contribution is 6.30. The molecule has 3 aromatic rings. The fraction of sp³-hybridized carbons (Fsp3) is 0.176. The number of aromatic nitrogens is 3. The van der Waals surface area contributed by atoms with Gasteiger partial charge in [-0.05, 0) is 31.2 Å². The standard InChI is InChI=1S/C17H15ClN4O4/c1-9(20-16(24)13-14(23)12(25-2)7-8-19-13)15-21-17(26-22-15)10-3-5-11(18)6-4-10/h3-9,23H,1-2H3,(H,20,24)/t9-/m0/s1. The Morgan fingerprint density at radius 2 is 2.04 bits per heavy atom. The molecule has 1 atom stereocenters. The molecule has 9 heteroatoms. The highest BCUT2D eigenvalue weighted by Crippen LogP contribution is 2.28. The molecule has 2 N–H and O–H groups in total. The summed E-state index contributed by atoms with van der Waals surface area (Å²) in [5.41, 5.74) is 0.552. The minimum atomic E-state index is -0.591. The normalized spacial score (nSPS) is 11.8. The van der Waals surface area contributed by atoms with Gasteiger partial charge in [0.2, 0.25) is 0 Å². The van der Waals surface area contributed by atoms with Gasteiger partial charge in [0.25, 0.3) is 11.8 Å². The molecule has 0 aliphatic heterocycles. The number of nitrogens with one attached hydrogen (secondary N) is 1. The second-order valence-corrected chi connectivity index (χ2v) is 5.81. The molecule has 26 heavy (non-hydrogen) atoms. The fourth-order valence-electron chi connectivity index (χ4n) is 2.22. The zero-order valence-electron chi connectivity index (χ0n) is 13.9. The van der Waals surface area contributed by atoms with E-state index in [-0.39, 0.29) is 23.0 Å². The van der Waals surface area contributed by atoms with E-state index in [0.717, 1.165) is 0 Å². The first-order valence-corrected chi connectivity index (χ1v) is 7.99. The highest BCUT2D eigenvalue weighted by Gasteiger charge is 2.21. The zero-order chi connectivity index (χ0) is 18.7. The lowest BCUT2D eigenvalue weighted by molar-refractivity contribution is 0.0929. The molecule has 1 amide bonds. The summed E-state index contributed by atoms with van der Waals surface area (Å²) in [7, 11) is 1.39. The maximum Gasteiger partial charge on any atom is 0.274 e. The summed E-state index contributed by atoms with van der Waals surface area (Å²) < 4.78 is 10.2. The van der Waals surface area contributed by atoms with Crippen LogP contribution in [0.3, 0.4) is 0 Å². The first-order chi connectivity index (χ1) is 12.5. The second-order valence-electron chi connectivity index (χ2n) is 5.37. The van der Waals surface area contributed by atoms with Crippen molar-refractivity contribution in [1.29, 1.82) is 0 Å². The lowest BCUT2D eigenvalue weighted by Gasteiger charge is -2.11. The van der Waals surface area contributed by atoms with Gasteiger partial charge >= 0.3 is 0 Å². The Hall–Kier alpha value is -3.13. The summed E-state index contributed by atoms with van der Waals surface area (Å²) in [5.74, 6) is -0.186. The van der Waals surface area contributed by atoms with Crippen molar-refractivity contribution in [3.05, 3.63) is 53.1 Å². The van der Waals surface area contributed by atoms with Crippen LogP contribution in [0.25, 0.3) is 11.5 Å². The molecule has 8 nitrogen and oxygen atoms in total. The van der Waals surface area contributed by atoms with E-state index >= 15 is 0 Å². The average molecular weight is 375 g/mol. The third kappa shape index (κ3) is 3.60. The van der Waals surface area contributed by atoms with Crippen LogP contribution in [0.1, 0.15) is 29.3 Å². The molecule has 0 spiro atoms. The fourth-order valence-corrected chi connectivity index (χ4v) is 2.34. The number of aromatic hydroxyl groups is 1. The van der Waals surface area contributed by atoms with Gasteiger partial charge in [-0.15, -0.1) is 0 Å². The average Bonchev–Trinajstić information content (AvgIpc) is 3.12. The monoisotopic (exact) mass is 374 g/mol. The van der Waals surface area contributed by atoms with Gasteiger partial charge in [0, 0.05) is 22.8 Å². The maximum absolute atomic E-state index is 12.3. The van der Waals surface area contributed by atoms with Crippen LogP contribution in [0.4, 0.5) is 0 Å². The number of carbonyl (C=O) groups excluding carboxylic acids is 1. The largest absolute Gasteiger partial charge is 0.503 e. The molecular formula is C17H15ClN4O4. The van der Waals surface area contributed by atoms with E-state index in [1.54, 1.807) is 31.2 Å². The van der Waals surface area contributed by atoms with Crippen molar-refractivity contribution in [2.45, 2.75) is 13.0 Å². The van der Waals surface area contributed by atoms with Gasteiger partial charge in [-0.1, -0.05) is 16.8 Å². The molecule has 0 aliphatic rings. The van der Waals surface area contributed by atoms with Crippen LogP contribution in [0.15, 0.2) is 41.1 Å². The van der Waals surface area contributed by atoms with Crippen molar-refractivity contribution in [3.8, 4) is 23.0 Å². The summed E-state index contributed by atoms with van der Waals surface area (Å²) in [5, 5.41) is 17.1. The van der Waals surface area contributed by atoms with Gasteiger partial charge in [-0.25, -0.2) is 4.98 Å². The van der Waals surface area contributed by atoms with E-state index in [0.29, 0.717) is 16.5 Å². The van der Waals surface area contributed by atoms with Crippen molar-refractivity contribution in [2.24, 2.45) is 0 Å². The van der Waals surface area contributed by atoms with Gasteiger partial charge in [0.05, 0.1) is 13.2 Å². The molecule has 0 saturated carbocycles. The topological polar surface area (TPSA) is 110 Å². The SMILES string of the molecule is COc1ccnc(C(=O)N[C@@H](C)c2noc(-c3ccc(Cl)cc3)n2)c1O. The number of halogens is 1. The van der Waals surface area contributed by atoms with Gasteiger partial charge in [0.1, 0.15) is 0 Å². The Kier molecular flexibility index (Phi) is 5.04. The summed E-state index contributed by atoms with van der Waals surface area (Å²) >= 11 is 5.86. The number of methoxy groups -OCH3 is 1. The minimum Gasteiger partial charge on any atom is -0.503 e. The predicted molar refractivity (Wildman–Crippen MR) is 93.1 cm³/mol. The Bertz CT molecular complexity index is 927. The second kappa shape index (κ2) is 7.40. The molecule has 3 rings (SSSR count). The number of nitrogens with zero attached hydrogens (tertiary/aromatic N) is 3. The lowest BCUT2D eigenvalue weighted by Crippen LogP contribution is -2.28. The molecule has 1 aromatic carbocycles. The summed E-state index contributed by atoms with van der Waals surface area (Å²) in [4.78, 5) is 20.5. The lowest BCUT2D eigenvalue weighted by atomic mass is 10.2.